The first-order chi connectivity index (χ1) is 14.3. The largest absolute Gasteiger partial charge is 0.338 e. The zero-order valence-electron chi connectivity index (χ0n) is 17.3. The highest BCUT2D eigenvalue weighted by Crippen LogP contribution is 2.29. The molecule has 0 saturated carbocycles. The smallest absolute Gasteiger partial charge is 0.227 e. The zero-order valence-corrected chi connectivity index (χ0v) is 17.3. The van der Waals surface area contributed by atoms with Gasteiger partial charge in [0.25, 0.3) is 0 Å². The van der Waals surface area contributed by atoms with Crippen LogP contribution in [0.15, 0.2) is 66.7 Å². The molecule has 5 heteroatoms. The van der Waals surface area contributed by atoms with E-state index >= 15 is 0 Å². The van der Waals surface area contributed by atoms with Gasteiger partial charge in [-0.15, -0.1) is 0 Å². The molecular formula is C24H29N5. The summed E-state index contributed by atoms with van der Waals surface area (Å²) in [7, 11) is 0. The third-order valence-corrected chi connectivity index (χ3v) is 5.53. The van der Waals surface area contributed by atoms with Crippen molar-refractivity contribution in [1.82, 2.24) is 14.9 Å². The summed E-state index contributed by atoms with van der Waals surface area (Å²) in [5.74, 6) is 1.77. The van der Waals surface area contributed by atoms with Crippen molar-refractivity contribution in [1.29, 1.82) is 0 Å². The summed E-state index contributed by atoms with van der Waals surface area (Å²) >= 11 is 0. The Bertz CT molecular complexity index is 905. The summed E-state index contributed by atoms with van der Waals surface area (Å²) in [6, 6.07) is 23.0. The van der Waals surface area contributed by atoms with Crippen molar-refractivity contribution in [3.63, 3.8) is 0 Å². The quantitative estimate of drug-likeness (QED) is 0.625. The van der Waals surface area contributed by atoms with E-state index < -0.39 is 0 Å². The van der Waals surface area contributed by atoms with Crippen LogP contribution in [0.4, 0.5) is 17.5 Å². The molecule has 1 aliphatic rings. The Morgan fingerprint density at radius 1 is 0.828 bits per heavy atom. The van der Waals surface area contributed by atoms with Crippen molar-refractivity contribution in [3.05, 3.63) is 66.7 Å². The highest BCUT2D eigenvalue weighted by molar-refractivity contribution is 5.69. The van der Waals surface area contributed by atoms with Crippen LogP contribution in [0.5, 0.6) is 0 Å². The average molecular weight is 388 g/mol. The lowest BCUT2D eigenvalue weighted by Gasteiger charge is -2.34. The minimum atomic E-state index is 0.825. The van der Waals surface area contributed by atoms with E-state index in [9.17, 15) is 0 Å². The maximum Gasteiger partial charge on any atom is 0.227 e. The standard InChI is InChI=1S/C24H29N5/c1-3-27-15-17-28(18-16-27)24-25-22(20-11-7-5-8-12-20)19-23(26-24)29(4-2)21-13-9-6-10-14-21/h5-14,19H,3-4,15-18H2,1-2H3. The molecule has 1 aliphatic heterocycles. The van der Waals surface area contributed by atoms with Crippen molar-refractivity contribution in [2.45, 2.75) is 13.8 Å². The van der Waals surface area contributed by atoms with Crippen molar-refractivity contribution >= 4 is 17.5 Å². The maximum atomic E-state index is 5.00. The molecule has 0 unspecified atom stereocenters. The molecule has 0 spiro atoms. The van der Waals surface area contributed by atoms with Gasteiger partial charge in [0.1, 0.15) is 5.82 Å². The molecule has 2 aromatic carbocycles. The molecule has 4 rings (SSSR count). The van der Waals surface area contributed by atoms with E-state index in [1.807, 2.05) is 12.1 Å². The van der Waals surface area contributed by atoms with Crippen LogP contribution in [0.1, 0.15) is 13.8 Å². The molecule has 3 aromatic rings. The number of nitrogens with zero attached hydrogens (tertiary/aromatic N) is 5. The van der Waals surface area contributed by atoms with E-state index in [0.717, 1.165) is 68.0 Å². The van der Waals surface area contributed by atoms with Crippen LogP contribution in [-0.2, 0) is 0 Å². The number of hydrogen-bond donors (Lipinski definition) is 0. The molecule has 1 aromatic heterocycles. The Labute approximate surface area is 173 Å². The molecule has 1 fully saturated rings. The van der Waals surface area contributed by atoms with Gasteiger partial charge >= 0.3 is 0 Å². The number of benzene rings is 2. The van der Waals surface area contributed by atoms with E-state index in [0.29, 0.717) is 0 Å². The summed E-state index contributed by atoms with van der Waals surface area (Å²) in [5.41, 5.74) is 3.24. The Morgan fingerprint density at radius 2 is 1.48 bits per heavy atom. The van der Waals surface area contributed by atoms with Crippen molar-refractivity contribution in [2.75, 3.05) is 49.1 Å². The van der Waals surface area contributed by atoms with Gasteiger partial charge < -0.3 is 14.7 Å². The van der Waals surface area contributed by atoms with Crippen LogP contribution < -0.4 is 9.80 Å². The Hall–Kier alpha value is -2.92. The lowest BCUT2D eigenvalue weighted by molar-refractivity contribution is 0.270. The van der Waals surface area contributed by atoms with E-state index in [2.05, 4.69) is 83.1 Å². The fraction of sp³-hybridized carbons (Fsp3) is 0.333. The van der Waals surface area contributed by atoms with Gasteiger partial charge in [-0.3, -0.25) is 0 Å². The minimum Gasteiger partial charge on any atom is -0.338 e. The third kappa shape index (κ3) is 4.40. The van der Waals surface area contributed by atoms with Crippen LogP contribution in [0.2, 0.25) is 0 Å². The molecule has 0 N–H and O–H groups in total. The number of para-hydroxylation sites is 1. The van der Waals surface area contributed by atoms with Crippen LogP contribution in [-0.4, -0.2) is 54.1 Å². The Balaban J connectivity index is 1.74. The molecule has 29 heavy (non-hydrogen) atoms. The SMILES string of the molecule is CCN1CCN(c2nc(-c3ccccc3)cc(N(CC)c3ccccc3)n2)CC1. The van der Waals surface area contributed by atoms with E-state index in [1.165, 1.54) is 0 Å². The number of rotatable bonds is 6. The van der Waals surface area contributed by atoms with E-state index in [-0.39, 0.29) is 0 Å². The molecular weight excluding hydrogens is 358 g/mol. The molecule has 5 nitrogen and oxygen atoms in total. The Kier molecular flexibility index (Phi) is 6.06. The molecule has 2 heterocycles. The second kappa shape index (κ2) is 9.05. The molecule has 150 valence electrons. The number of aromatic nitrogens is 2. The molecule has 0 radical (unpaired) electrons. The normalized spacial score (nSPS) is 14.8. The first-order valence-electron chi connectivity index (χ1n) is 10.5. The number of piperazine rings is 1. The predicted octanol–water partition coefficient (Wildman–Crippen LogP) is 4.44. The van der Waals surface area contributed by atoms with Gasteiger partial charge in [0.15, 0.2) is 0 Å². The topological polar surface area (TPSA) is 35.5 Å². The molecule has 0 bridgehead atoms. The summed E-state index contributed by atoms with van der Waals surface area (Å²) in [6.45, 7) is 10.4. The number of hydrogen-bond acceptors (Lipinski definition) is 5. The minimum absolute atomic E-state index is 0.825. The molecule has 0 atom stereocenters. The average Bonchev–Trinajstić information content (AvgIpc) is 2.81. The van der Waals surface area contributed by atoms with E-state index in [4.69, 9.17) is 9.97 Å². The van der Waals surface area contributed by atoms with Crippen LogP contribution in [0.25, 0.3) is 11.3 Å². The van der Waals surface area contributed by atoms with Gasteiger partial charge in [-0.2, -0.15) is 4.98 Å². The van der Waals surface area contributed by atoms with Crippen LogP contribution in [0.3, 0.4) is 0 Å². The molecule has 0 amide bonds. The van der Waals surface area contributed by atoms with Gasteiger partial charge in [-0.25, -0.2) is 4.98 Å². The first-order valence-corrected chi connectivity index (χ1v) is 10.5. The van der Waals surface area contributed by atoms with Gasteiger partial charge in [-0.1, -0.05) is 55.5 Å². The lowest BCUT2D eigenvalue weighted by atomic mass is 10.1. The van der Waals surface area contributed by atoms with E-state index in [1.54, 1.807) is 0 Å². The lowest BCUT2D eigenvalue weighted by Crippen LogP contribution is -2.46. The molecule has 0 aliphatic carbocycles. The van der Waals surface area contributed by atoms with Crippen molar-refractivity contribution in [2.24, 2.45) is 0 Å². The van der Waals surface area contributed by atoms with Gasteiger partial charge in [0.2, 0.25) is 5.95 Å². The maximum absolute atomic E-state index is 5.00. The van der Waals surface area contributed by atoms with Gasteiger partial charge in [0, 0.05) is 50.0 Å². The fourth-order valence-electron chi connectivity index (χ4n) is 3.81. The van der Waals surface area contributed by atoms with Crippen molar-refractivity contribution in [3.8, 4) is 11.3 Å². The highest BCUT2D eigenvalue weighted by atomic mass is 15.3. The zero-order chi connectivity index (χ0) is 20.1. The first kappa shape index (κ1) is 19.4. The second-order valence-corrected chi connectivity index (χ2v) is 7.28. The van der Waals surface area contributed by atoms with Crippen molar-refractivity contribution < 1.29 is 0 Å². The summed E-state index contributed by atoms with van der Waals surface area (Å²) in [4.78, 5) is 17.0. The summed E-state index contributed by atoms with van der Waals surface area (Å²) in [6.07, 6.45) is 0. The summed E-state index contributed by atoms with van der Waals surface area (Å²) < 4.78 is 0. The second-order valence-electron chi connectivity index (χ2n) is 7.28. The van der Waals surface area contributed by atoms with Crippen LogP contribution in [0, 0.1) is 0 Å². The predicted molar refractivity (Wildman–Crippen MR) is 121 cm³/mol. The van der Waals surface area contributed by atoms with Gasteiger partial charge in [-0.05, 0) is 25.6 Å². The molecule has 1 saturated heterocycles. The van der Waals surface area contributed by atoms with Gasteiger partial charge in [0.05, 0.1) is 5.69 Å². The summed E-state index contributed by atoms with van der Waals surface area (Å²) in [5, 5.41) is 0. The third-order valence-electron chi connectivity index (χ3n) is 5.53. The Morgan fingerprint density at radius 3 is 2.10 bits per heavy atom. The number of anilines is 3. The van der Waals surface area contributed by atoms with Crippen LogP contribution >= 0.6 is 0 Å². The number of likely N-dealkylation sites (N-methyl/N-ethyl adjacent to an activating group) is 1. The monoisotopic (exact) mass is 387 g/mol. The fourth-order valence-corrected chi connectivity index (χ4v) is 3.81. The highest BCUT2D eigenvalue weighted by Gasteiger charge is 2.21.